The number of nitrogens with one attached hydrogen (secondary N) is 1. The van der Waals surface area contributed by atoms with Gasteiger partial charge < -0.3 is 15.2 Å². The molecule has 0 aliphatic heterocycles. The molecule has 5 heteroatoms. The summed E-state index contributed by atoms with van der Waals surface area (Å²) in [6.45, 7) is 5.57. The first-order chi connectivity index (χ1) is 6.56. The fraction of sp³-hybridized carbons (Fsp3) is 0.556. The summed E-state index contributed by atoms with van der Waals surface area (Å²) < 4.78 is 4.63. The largest absolute Gasteiger partial charge is 0.481 e. The second-order valence-electron chi connectivity index (χ2n) is 2.97. The van der Waals surface area contributed by atoms with Gasteiger partial charge in [0.05, 0.1) is 0 Å². The van der Waals surface area contributed by atoms with Crippen LogP contribution in [-0.2, 0) is 9.53 Å². The highest BCUT2D eigenvalue weighted by Crippen LogP contribution is 1.99. The minimum Gasteiger partial charge on any atom is -0.481 e. The first-order valence-electron chi connectivity index (χ1n) is 4.29. The van der Waals surface area contributed by atoms with Crippen molar-refractivity contribution in [2.75, 3.05) is 13.2 Å². The molecule has 0 aromatic rings. The van der Waals surface area contributed by atoms with Gasteiger partial charge in [-0.05, 0) is 5.92 Å². The van der Waals surface area contributed by atoms with E-state index in [1.54, 1.807) is 6.92 Å². The number of aliphatic carboxylic acids is 1. The van der Waals surface area contributed by atoms with Gasteiger partial charge >= 0.3 is 12.1 Å². The molecule has 0 saturated heterocycles. The Kier molecular flexibility index (Phi) is 6.19. The number of amides is 1. The van der Waals surface area contributed by atoms with Crippen LogP contribution in [0.3, 0.4) is 0 Å². The minimum atomic E-state index is -0.876. The smallest absolute Gasteiger partial charge is 0.407 e. The minimum absolute atomic E-state index is 0.0295. The van der Waals surface area contributed by atoms with E-state index in [-0.39, 0.29) is 18.9 Å². The second-order valence-corrected chi connectivity index (χ2v) is 2.97. The SMILES string of the molecule is C=CCOC(=O)NCC(C)CC(=O)O. The van der Waals surface area contributed by atoms with Crippen molar-refractivity contribution in [1.29, 1.82) is 0 Å². The maximum Gasteiger partial charge on any atom is 0.407 e. The summed E-state index contributed by atoms with van der Waals surface area (Å²) in [5.74, 6) is -0.984. The molecule has 0 aromatic carbocycles. The molecule has 5 nitrogen and oxygen atoms in total. The molecule has 2 N–H and O–H groups in total. The van der Waals surface area contributed by atoms with Gasteiger partial charge in [0.1, 0.15) is 6.61 Å². The van der Waals surface area contributed by atoms with Crippen molar-refractivity contribution in [2.45, 2.75) is 13.3 Å². The molecular formula is C9H15NO4. The molecule has 0 fully saturated rings. The van der Waals surface area contributed by atoms with E-state index < -0.39 is 12.1 Å². The van der Waals surface area contributed by atoms with Crippen LogP contribution in [0.4, 0.5) is 4.79 Å². The van der Waals surface area contributed by atoms with Gasteiger partial charge in [-0.2, -0.15) is 0 Å². The third-order valence-electron chi connectivity index (χ3n) is 1.45. The zero-order chi connectivity index (χ0) is 11.0. The molecule has 0 radical (unpaired) electrons. The van der Waals surface area contributed by atoms with Crippen LogP contribution < -0.4 is 5.32 Å². The van der Waals surface area contributed by atoms with Crippen molar-refractivity contribution < 1.29 is 19.4 Å². The van der Waals surface area contributed by atoms with Crippen LogP contribution in [-0.4, -0.2) is 30.3 Å². The maximum absolute atomic E-state index is 10.9. The number of hydrogen-bond donors (Lipinski definition) is 2. The van der Waals surface area contributed by atoms with Gasteiger partial charge in [0.25, 0.3) is 0 Å². The summed E-state index contributed by atoms with van der Waals surface area (Å²) in [5.41, 5.74) is 0. The lowest BCUT2D eigenvalue weighted by molar-refractivity contribution is -0.137. The number of carboxylic acid groups (broad SMARTS) is 1. The van der Waals surface area contributed by atoms with Crippen LogP contribution in [0.1, 0.15) is 13.3 Å². The molecule has 0 heterocycles. The van der Waals surface area contributed by atoms with Gasteiger partial charge in [-0.3, -0.25) is 4.79 Å². The topological polar surface area (TPSA) is 75.6 Å². The zero-order valence-electron chi connectivity index (χ0n) is 8.16. The fourth-order valence-corrected chi connectivity index (χ4v) is 0.813. The van der Waals surface area contributed by atoms with Gasteiger partial charge in [-0.1, -0.05) is 19.6 Å². The highest BCUT2D eigenvalue weighted by molar-refractivity contribution is 5.68. The average Bonchev–Trinajstić information content (AvgIpc) is 2.10. The van der Waals surface area contributed by atoms with E-state index in [2.05, 4.69) is 16.6 Å². The summed E-state index contributed by atoms with van der Waals surface area (Å²) in [5, 5.41) is 10.9. The molecule has 0 aliphatic carbocycles. The van der Waals surface area contributed by atoms with Gasteiger partial charge in [-0.15, -0.1) is 0 Å². The van der Waals surface area contributed by atoms with Crippen molar-refractivity contribution >= 4 is 12.1 Å². The second kappa shape index (κ2) is 6.94. The first-order valence-corrected chi connectivity index (χ1v) is 4.29. The van der Waals surface area contributed by atoms with Crippen LogP contribution >= 0.6 is 0 Å². The molecule has 1 unspecified atom stereocenters. The van der Waals surface area contributed by atoms with E-state index in [9.17, 15) is 9.59 Å². The normalized spacial score (nSPS) is 11.5. The molecule has 1 atom stereocenters. The van der Waals surface area contributed by atoms with Crippen LogP contribution in [0.5, 0.6) is 0 Å². The summed E-state index contributed by atoms with van der Waals surface area (Å²) in [6, 6.07) is 0. The Morgan fingerprint density at radius 3 is 2.79 bits per heavy atom. The Bertz CT molecular complexity index is 215. The number of alkyl carbamates (subject to hydrolysis) is 1. The van der Waals surface area contributed by atoms with Crippen LogP contribution in [0, 0.1) is 5.92 Å². The van der Waals surface area contributed by atoms with Crippen molar-refractivity contribution in [3.05, 3.63) is 12.7 Å². The monoisotopic (exact) mass is 201 g/mol. The van der Waals surface area contributed by atoms with E-state index in [0.717, 1.165) is 0 Å². The van der Waals surface area contributed by atoms with Crippen molar-refractivity contribution in [2.24, 2.45) is 5.92 Å². The van der Waals surface area contributed by atoms with Gasteiger partial charge in [0.15, 0.2) is 0 Å². The summed E-state index contributed by atoms with van der Waals surface area (Å²) in [7, 11) is 0. The molecular weight excluding hydrogens is 186 g/mol. The third-order valence-corrected chi connectivity index (χ3v) is 1.45. The molecule has 1 amide bonds. The summed E-state index contributed by atoms with van der Waals surface area (Å²) in [6.07, 6.45) is 0.935. The molecule has 14 heavy (non-hydrogen) atoms. The van der Waals surface area contributed by atoms with Gasteiger partial charge in [0.2, 0.25) is 0 Å². The van der Waals surface area contributed by atoms with E-state index >= 15 is 0 Å². The fourth-order valence-electron chi connectivity index (χ4n) is 0.813. The van der Waals surface area contributed by atoms with Crippen molar-refractivity contribution in [3.63, 3.8) is 0 Å². The number of carboxylic acids is 1. The standard InChI is InChI=1S/C9H15NO4/c1-3-4-14-9(13)10-6-7(2)5-8(11)12/h3,7H,1,4-6H2,2H3,(H,10,13)(H,11,12). The first kappa shape index (κ1) is 12.5. The van der Waals surface area contributed by atoms with E-state index in [4.69, 9.17) is 5.11 Å². The molecule has 0 bridgehead atoms. The number of carbonyl (C=O) groups is 2. The van der Waals surface area contributed by atoms with Crippen molar-refractivity contribution in [1.82, 2.24) is 5.32 Å². The lowest BCUT2D eigenvalue weighted by atomic mass is 10.1. The molecule has 0 saturated carbocycles. The van der Waals surface area contributed by atoms with E-state index in [1.165, 1.54) is 6.08 Å². The Morgan fingerprint density at radius 2 is 2.29 bits per heavy atom. The van der Waals surface area contributed by atoms with Gasteiger partial charge in [0, 0.05) is 13.0 Å². The third kappa shape index (κ3) is 7.15. The molecule has 0 rings (SSSR count). The van der Waals surface area contributed by atoms with Crippen LogP contribution in [0.2, 0.25) is 0 Å². The highest BCUT2D eigenvalue weighted by Gasteiger charge is 2.09. The zero-order valence-corrected chi connectivity index (χ0v) is 8.16. The molecule has 0 aliphatic rings. The van der Waals surface area contributed by atoms with E-state index in [1.807, 2.05) is 0 Å². The Hall–Kier alpha value is -1.52. The highest BCUT2D eigenvalue weighted by atomic mass is 16.5. The predicted octanol–water partition coefficient (Wildman–Crippen LogP) is 1.01. The Labute approximate surface area is 82.7 Å². The molecule has 0 aromatic heterocycles. The quantitative estimate of drug-likeness (QED) is 0.629. The Balaban J connectivity index is 3.55. The van der Waals surface area contributed by atoms with E-state index in [0.29, 0.717) is 6.54 Å². The lowest BCUT2D eigenvalue weighted by Crippen LogP contribution is -2.29. The number of rotatable bonds is 6. The molecule has 80 valence electrons. The lowest BCUT2D eigenvalue weighted by Gasteiger charge is -2.09. The number of carbonyl (C=O) groups excluding carboxylic acids is 1. The number of ether oxygens (including phenoxy) is 1. The van der Waals surface area contributed by atoms with Crippen molar-refractivity contribution in [3.8, 4) is 0 Å². The summed E-state index contributed by atoms with van der Waals surface area (Å²) >= 11 is 0. The summed E-state index contributed by atoms with van der Waals surface area (Å²) in [4.78, 5) is 21.1. The Morgan fingerprint density at radius 1 is 1.64 bits per heavy atom. The van der Waals surface area contributed by atoms with Crippen LogP contribution in [0.25, 0.3) is 0 Å². The molecule has 0 spiro atoms. The number of hydrogen-bond acceptors (Lipinski definition) is 3. The van der Waals surface area contributed by atoms with Gasteiger partial charge in [-0.25, -0.2) is 4.79 Å². The predicted molar refractivity (Wildman–Crippen MR) is 51.0 cm³/mol. The maximum atomic E-state index is 10.9. The average molecular weight is 201 g/mol. The van der Waals surface area contributed by atoms with Crippen LogP contribution in [0.15, 0.2) is 12.7 Å².